The SMILES string of the molecule is Fc1c2[c]cccc2cc2ccccc12. The molecule has 0 saturated carbocycles. The van der Waals surface area contributed by atoms with Crippen LogP contribution in [-0.2, 0) is 0 Å². The van der Waals surface area contributed by atoms with E-state index in [0.717, 1.165) is 10.8 Å². The van der Waals surface area contributed by atoms with E-state index in [4.69, 9.17) is 0 Å². The largest absolute Gasteiger partial charge is 0.206 e. The van der Waals surface area contributed by atoms with Crippen molar-refractivity contribution in [1.29, 1.82) is 0 Å². The van der Waals surface area contributed by atoms with E-state index in [-0.39, 0.29) is 5.82 Å². The van der Waals surface area contributed by atoms with Crippen molar-refractivity contribution in [3.8, 4) is 0 Å². The van der Waals surface area contributed by atoms with Crippen molar-refractivity contribution < 1.29 is 4.39 Å². The first kappa shape index (κ1) is 8.42. The van der Waals surface area contributed by atoms with Gasteiger partial charge in [0.1, 0.15) is 5.82 Å². The molecule has 1 radical (unpaired) electrons. The Bertz CT molecular complexity index is 587. The van der Waals surface area contributed by atoms with Gasteiger partial charge in [0, 0.05) is 10.8 Å². The lowest BCUT2D eigenvalue weighted by Gasteiger charge is -2.03. The third-order valence-electron chi connectivity index (χ3n) is 2.62. The van der Waals surface area contributed by atoms with E-state index in [1.165, 1.54) is 0 Å². The molecule has 0 nitrogen and oxygen atoms in total. The number of hydrogen-bond donors (Lipinski definition) is 0. The Hall–Kier alpha value is -1.89. The minimum Gasteiger partial charge on any atom is -0.206 e. The fraction of sp³-hybridized carbons (Fsp3) is 0. The second kappa shape index (κ2) is 3.06. The second-order valence-electron chi connectivity index (χ2n) is 3.55. The van der Waals surface area contributed by atoms with Gasteiger partial charge in [-0.1, -0.05) is 42.5 Å². The van der Waals surface area contributed by atoms with Crippen LogP contribution in [0.4, 0.5) is 4.39 Å². The van der Waals surface area contributed by atoms with E-state index < -0.39 is 0 Å². The maximum absolute atomic E-state index is 14.0. The van der Waals surface area contributed by atoms with Crippen LogP contribution in [0.15, 0.2) is 48.5 Å². The molecule has 0 aliphatic heterocycles. The first-order valence-electron chi connectivity index (χ1n) is 4.84. The first-order valence-corrected chi connectivity index (χ1v) is 4.84. The molecule has 3 aromatic carbocycles. The molecule has 0 unspecified atom stereocenters. The van der Waals surface area contributed by atoms with Crippen LogP contribution in [0.25, 0.3) is 21.5 Å². The minimum absolute atomic E-state index is 0.177. The van der Waals surface area contributed by atoms with Gasteiger partial charge in [-0.05, 0) is 22.9 Å². The van der Waals surface area contributed by atoms with Crippen LogP contribution >= 0.6 is 0 Å². The predicted molar refractivity (Wildman–Crippen MR) is 60.2 cm³/mol. The molecule has 0 saturated heterocycles. The maximum atomic E-state index is 14.0. The van der Waals surface area contributed by atoms with Crippen molar-refractivity contribution in [1.82, 2.24) is 0 Å². The number of rotatable bonds is 0. The smallest absolute Gasteiger partial charge is 0.139 e. The Morgan fingerprint density at radius 2 is 1.73 bits per heavy atom. The van der Waals surface area contributed by atoms with E-state index >= 15 is 0 Å². The Balaban J connectivity index is 2.60. The molecule has 0 aromatic heterocycles. The Kier molecular flexibility index (Phi) is 1.72. The molecule has 3 rings (SSSR count). The predicted octanol–water partition coefficient (Wildman–Crippen LogP) is 3.93. The van der Waals surface area contributed by atoms with Crippen LogP contribution in [-0.4, -0.2) is 0 Å². The molecule has 3 aromatic rings. The molecule has 0 aliphatic rings. The van der Waals surface area contributed by atoms with Crippen molar-refractivity contribution in [3.63, 3.8) is 0 Å². The van der Waals surface area contributed by atoms with Crippen molar-refractivity contribution in [2.75, 3.05) is 0 Å². The second-order valence-corrected chi connectivity index (χ2v) is 3.55. The summed E-state index contributed by atoms with van der Waals surface area (Å²) in [4.78, 5) is 0. The summed E-state index contributed by atoms with van der Waals surface area (Å²) >= 11 is 0. The lowest BCUT2D eigenvalue weighted by atomic mass is 10.0. The standard InChI is InChI=1S/C14H8F/c15-14-12-7-3-1-5-10(12)9-11-6-2-4-8-13(11)14/h1-7,9H. The fourth-order valence-corrected chi connectivity index (χ4v) is 1.89. The summed E-state index contributed by atoms with van der Waals surface area (Å²) in [5, 5.41) is 3.06. The van der Waals surface area contributed by atoms with Crippen LogP contribution in [0, 0.1) is 11.9 Å². The highest BCUT2D eigenvalue weighted by atomic mass is 19.1. The Morgan fingerprint density at radius 3 is 2.67 bits per heavy atom. The Morgan fingerprint density at radius 1 is 0.933 bits per heavy atom. The van der Waals surface area contributed by atoms with Gasteiger partial charge >= 0.3 is 0 Å². The quantitative estimate of drug-likeness (QED) is 0.477. The Labute approximate surface area is 87.0 Å². The lowest BCUT2D eigenvalue weighted by Crippen LogP contribution is -1.83. The van der Waals surface area contributed by atoms with Crippen LogP contribution < -0.4 is 0 Å². The highest BCUT2D eigenvalue weighted by molar-refractivity contribution is 5.98. The lowest BCUT2D eigenvalue weighted by molar-refractivity contribution is 0.651. The van der Waals surface area contributed by atoms with Gasteiger partial charge < -0.3 is 0 Å². The number of fused-ring (bicyclic) bond motifs is 2. The molecular formula is C14H8F. The van der Waals surface area contributed by atoms with Crippen molar-refractivity contribution in [2.45, 2.75) is 0 Å². The third-order valence-corrected chi connectivity index (χ3v) is 2.62. The highest BCUT2D eigenvalue weighted by Gasteiger charge is 2.05. The van der Waals surface area contributed by atoms with E-state index in [2.05, 4.69) is 6.07 Å². The fourth-order valence-electron chi connectivity index (χ4n) is 1.89. The first-order chi connectivity index (χ1) is 7.36. The molecule has 0 heterocycles. The van der Waals surface area contributed by atoms with Gasteiger partial charge in [0.15, 0.2) is 0 Å². The molecule has 1 heteroatoms. The van der Waals surface area contributed by atoms with E-state index in [1.807, 2.05) is 36.4 Å². The summed E-state index contributed by atoms with van der Waals surface area (Å²) in [7, 11) is 0. The zero-order valence-corrected chi connectivity index (χ0v) is 8.00. The number of hydrogen-bond acceptors (Lipinski definition) is 0. The van der Waals surface area contributed by atoms with Crippen LogP contribution in [0.3, 0.4) is 0 Å². The molecule has 71 valence electrons. The number of benzene rings is 3. The van der Waals surface area contributed by atoms with Gasteiger partial charge in [-0.15, -0.1) is 0 Å². The van der Waals surface area contributed by atoms with Gasteiger partial charge in [-0.2, -0.15) is 0 Å². The van der Waals surface area contributed by atoms with Crippen LogP contribution in [0.5, 0.6) is 0 Å². The van der Waals surface area contributed by atoms with Crippen molar-refractivity contribution in [3.05, 3.63) is 60.4 Å². The normalized spacial score (nSPS) is 11.0. The van der Waals surface area contributed by atoms with Crippen LogP contribution in [0.2, 0.25) is 0 Å². The molecule has 0 spiro atoms. The van der Waals surface area contributed by atoms with Gasteiger partial charge in [-0.3, -0.25) is 0 Å². The molecule has 0 N–H and O–H groups in total. The molecule has 0 bridgehead atoms. The van der Waals surface area contributed by atoms with Gasteiger partial charge in [0.25, 0.3) is 0 Å². The maximum Gasteiger partial charge on any atom is 0.139 e. The number of halogens is 1. The highest BCUT2D eigenvalue weighted by Crippen LogP contribution is 2.26. The third kappa shape index (κ3) is 1.20. The topological polar surface area (TPSA) is 0 Å². The molecule has 15 heavy (non-hydrogen) atoms. The van der Waals surface area contributed by atoms with E-state index in [1.54, 1.807) is 12.1 Å². The van der Waals surface area contributed by atoms with Gasteiger partial charge in [0.2, 0.25) is 0 Å². The average Bonchev–Trinajstić information content (AvgIpc) is 2.30. The summed E-state index contributed by atoms with van der Waals surface area (Å²) < 4.78 is 14.0. The van der Waals surface area contributed by atoms with Crippen LogP contribution in [0.1, 0.15) is 0 Å². The van der Waals surface area contributed by atoms with E-state index in [0.29, 0.717) is 10.8 Å². The van der Waals surface area contributed by atoms with E-state index in [9.17, 15) is 4.39 Å². The molecule has 0 aliphatic carbocycles. The van der Waals surface area contributed by atoms with Crippen molar-refractivity contribution in [2.24, 2.45) is 0 Å². The summed E-state index contributed by atoms with van der Waals surface area (Å²) in [6.07, 6.45) is 0. The molecular weight excluding hydrogens is 187 g/mol. The average molecular weight is 195 g/mol. The summed E-state index contributed by atoms with van der Waals surface area (Å²) in [6, 6.07) is 17.9. The summed E-state index contributed by atoms with van der Waals surface area (Å²) in [5.74, 6) is -0.177. The minimum atomic E-state index is -0.177. The van der Waals surface area contributed by atoms with Gasteiger partial charge in [-0.25, -0.2) is 4.39 Å². The zero-order chi connectivity index (χ0) is 10.3. The monoisotopic (exact) mass is 195 g/mol. The molecule has 0 atom stereocenters. The molecule has 0 amide bonds. The zero-order valence-electron chi connectivity index (χ0n) is 8.00. The summed E-state index contributed by atoms with van der Waals surface area (Å²) in [6.45, 7) is 0. The molecule has 0 fully saturated rings. The summed E-state index contributed by atoms with van der Waals surface area (Å²) in [5.41, 5.74) is 0. The van der Waals surface area contributed by atoms with Gasteiger partial charge in [0.05, 0.1) is 0 Å². The van der Waals surface area contributed by atoms with Crippen molar-refractivity contribution >= 4 is 21.5 Å².